The van der Waals surface area contributed by atoms with E-state index in [1.165, 1.54) is 25.6 Å². The zero-order chi connectivity index (χ0) is 17.3. The highest BCUT2D eigenvalue weighted by molar-refractivity contribution is 7.99. The van der Waals surface area contributed by atoms with Crippen molar-refractivity contribution < 1.29 is 33.3 Å². The van der Waals surface area contributed by atoms with Crippen LogP contribution in [0.5, 0.6) is 0 Å². The Bertz CT molecular complexity index is 647. The number of thioether (sulfide) groups is 1. The van der Waals surface area contributed by atoms with Crippen LogP contribution in [-0.4, -0.2) is 47.8 Å². The van der Waals surface area contributed by atoms with E-state index in [9.17, 15) is 14.4 Å². The predicted octanol–water partition coefficient (Wildman–Crippen LogP) is 1.29. The SMILES string of the molecule is CC(=O)OC1C(=O)O[C@@H]2[C@@H](OC(C)=O)[C@H](Sc3ccccc3)O[C@H]12. The number of carbonyl (C=O) groups excluding carboxylic acids is 3. The molecular formula is C16H16O7S. The summed E-state index contributed by atoms with van der Waals surface area (Å²) in [6, 6.07) is 9.42. The zero-order valence-corrected chi connectivity index (χ0v) is 13.9. The second-order valence-electron chi connectivity index (χ2n) is 5.41. The summed E-state index contributed by atoms with van der Waals surface area (Å²) < 4.78 is 21.4. The van der Waals surface area contributed by atoms with Crippen LogP contribution in [-0.2, 0) is 33.3 Å². The highest BCUT2D eigenvalue weighted by Crippen LogP contribution is 2.41. The molecule has 0 aliphatic carbocycles. The summed E-state index contributed by atoms with van der Waals surface area (Å²) in [5.74, 6) is -1.81. The Morgan fingerprint density at radius 3 is 2.33 bits per heavy atom. The number of esters is 3. The Hall–Kier alpha value is -2.06. The second kappa shape index (κ2) is 6.82. The number of benzene rings is 1. The van der Waals surface area contributed by atoms with Gasteiger partial charge in [0.2, 0.25) is 6.10 Å². The third-order valence-electron chi connectivity index (χ3n) is 3.58. The minimum Gasteiger partial charge on any atom is -0.455 e. The summed E-state index contributed by atoms with van der Waals surface area (Å²) in [6.45, 7) is 2.48. The van der Waals surface area contributed by atoms with Gasteiger partial charge >= 0.3 is 17.9 Å². The van der Waals surface area contributed by atoms with Crippen LogP contribution in [0, 0.1) is 0 Å². The quantitative estimate of drug-likeness (QED) is 0.592. The summed E-state index contributed by atoms with van der Waals surface area (Å²) in [7, 11) is 0. The van der Waals surface area contributed by atoms with E-state index in [0.29, 0.717) is 0 Å². The van der Waals surface area contributed by atoms with Gasteiger partial charge in [0.25, 0.3) is 0 Å². The Labute approximate surface area is 142 Å². The first-order valence-electron chi connectivity index (χ1n) is 7.38. The average Bonchev–Trinajstić information content (AvgIpc) is 2.98. The van der Waals surface area contributed by atoms with Crippen LogP contribution in [0.2, 0.25) is 0 Å². The number of fused-ring (bicyclic) bond motifs is 1. The smallest absolute Gasteiger partial charge is 0.350 e. The largest absolute Gasteiger partial charge is 0.455 e. The molecule has 24 heavy (non-hydrogen) atoms. The molecule has 7 nitrogen and oxygen atoms in total. The summed E-state index contributed by atoms with van der Waals surface area (Å²) in [4.78, 5) is 35.4. The van der Waals surface area contributed by atoms with Gasteiger partial charge in [0, 0.05) is 18.7 Å². The molecule has 0 radical (unpaired) electrons. The summed E-state index contributed by atoms with van der Waals surface area (Å²) >= 11 is 1.35. The fourth-order valence-electron chi connectivity index (χ4n) is 2.70. The van der Waals surface area contributed by atoms with Crippen LogP contribution in [0.4, 0.5) is 0 Å². The van der Waals surface area contributed by atoms with Crippen LogP contribution in [0.15, 0.2) is 35.2 Å². The molecule has 8 heteroatoms. The average molecular weight is 352 g/mol. The van der Waals surface area contributed by atoms with E-state index >= 15 is 0 Å². The fourth-order valence-corrected chi connectivity index (χ4v) is 3.81. The lowest BCUT2D eigenvalue weighted by molar-refractivity contribution is -0.167. The molecule has 0 amide bonds. The maximum Gasteiger partial charge on any atom is 0.350 e. The molecule has 0 spiro atoms. The van der Waals surface area contributed by atoms with Crippen molar-refractivity contribution in [1.82, 2.24) is 0 Å². The topological polar surface area (TPSA) is 88.1 Å². The molecule has 0 saturated carbocycles. The molecule has 2 saturated heterocycles. The Balaban J connectivity index is 1.81. The molecule has 3 rings (SSSR count). The molecule has 128 valence electrons. The number of carbonyl (C=O) groups is 3. The van der Waals surface area contributed by atoms with Crippen LogP contribution in [0.1, 0.15) is 13.8 Å². The third kappa shape index (κ3) is 3.39. The van der Waals surface area contributed by atoms with Crippen LogP contribution < -0.4 is 0 Å². The molecule has 2 aliphatic heterocycles. The van der Waals surface area contributed by atoms with E-state index in [0.717, 1.165) is 4.90 Å². The van der Waals surface area contributed by atoms with Crippen LogP contribution in [0.25, 0.3) is 0 Å². The molecule has 0 aromatic heterocycles. The van der Waals surface area contributed by atoms with Crippen molar-refractivity contribution >= 4 is 29.7 Å². The number of ether oxygens (including phenoxy) is 4. The van der Waals surface area contributed by atoms with Gasteiger partial charge in [0.1, 0.15) is 11.5 Å². The first-order valence-corrected chi connectivity index (χ1v) is 8.26. The zero-order valence-electron chi connectivity index (χ0n) is 13.0. The van der Waals surface area contributed by atoms with E-state index in [-0.39, 0.29) is 0 Å². The molecule has 2 aliphatic rings. The Kier molecular flexibility index (Phi) is 4.77. The van der Waals surface area contributed by atoms with E-state index < -0.39 is 47.8 Å². The molecule has 2 heterocycles. The monoisotopic (exact) mass is 352 g/mol. The first-order chi connectivity index (χ1) is 11.5. The van der Waals surface area contributed by atoms with Gasteiger partial charge in [-0.25, -0.2) is 4.79 Å². The molecule has 5 atom stereocenters. The van der Waals surface area contributed by atoms with Gasteiger partial charge in [-0.1, -0.05) is 30.0 Å². The molecule has 0 N–H and O–H groups in total. The summed E-state index contributed by atoms with van der Waals surface area (Å²) in [5.41, 5.74) is -0.572. The van der Waals surface area contributed by atoms with Gasteiger partial charge in [-0.3, -0.25) is 9.59 Å². The van der Waals surface area contributed by atoms with Gasteiger partial charge < -0.3 is 18.9 Å². The van der Waals surface area contributed by atoms with Gasteiger partial charge in [-0.2, -0.15) is 0 Å². The predicted molar refractivity (Wildman–Crippen MR) is 81.9 cm³/mol. The lowest BCUT2D eigenvalue weighted by Gasteiger charge is -2.21. The molecule has 2 fully saturated rings. The van der Waals surface area contributed by atoms with Crippen molar-refractivity contribution in [2.75, 3.05) is 0 Å². The lowest BCUT2D eigenvalue weighted by atomic mass is 10.1. The highest BCUT2D eigenvalue weighted by Gasteiger charge is 2.60. The molecular weight excluding hydrogens is 336 g/mol. The van der Waals surface area contributed by atoms with Gasteiger partial charge in [-0.05, 0) is 12.1 Å². The molecule has 1 aromatic carbocycles. The van der Waals surface area contributed by atoms with Crippen molar-refractivity contribution in [2.45, 2.75) is 48.6 Å². The molecule has 0 bridgehead atoms. The Morgan fingerprint density at radius 1 is 1.04 bits per heavy atom. The minimum absolute atomic E-state index is 0.505. The normalized spacial score (nSPS) is 31.2. The maximum absolute atomic E-state index is 11.9. The lowest BCUT2D eigenvalue weighted by Crippen LogP contribution is -2.36. The number of hydrogen-bond acceptors (Lipinski definition) is 8. The minimum atomic E-state index is -1.15. The number of rotatable bonds is 4. The van der Waals surface area contributed by atoms with Crippen molar-refractivity contribution in [3.8, 4) is 0 Å². The van der Waals surface area contributed by atoms with E-state index in [2.05, 4.69) is 0 Å². The molecule has 1 unspecified atom stereocenters. The van der Waals surface area contributed by atoms with Crippen LogP contribution >= 0.6 is 11.8 Å². The Morgan fingerprint density at radius 2 is 1.71 bits per heavy atom. The van der Waals surface area contributed by atoms with Crippen molar-refractivity contribution in [3.63, 3.8) is 0 Å². The van der Waals surface area contributed by atoms with Crippen molar-refractivity contribution in [3.05, 3.63) is 30.3 Å². The van der Waals surface area contributed by atoms with Crippen LogP contribution in [0.3, 0.4) is 0 Å². The highest BCUT2D eigenvalue weighted by atomic mass is 32.2. The van der Waals surface area contributed by atoms with Gasteiger partial charge in [-0.15, -0.1) is 0 Å². The second-order valence-corrected chi connectivity index (χ2v) is 6.58. The van der Waals surface area contributed by atoms with Crippen molar-refractivity contribution in [1.29, 1.82) is 0 Å². The maximum atomic E-state index is 11.9. The van der Waals surface area contributed by atoms with Crippen molar-refractivity contribution in [2.24, 2.45) is 0 Å². The standard InChI is InChI=1S/C16H16O7S/c1-8(17)20-13-11-12(22-15(13)19)14(21-9(2)18)16(23-11)24-10-6-4-3-5-7-10/h3-7,11-14,16H,1-2H3/t11-,12-,13?,14+,16-/m0/s1. The van der Waals surface area contributed by atoms with Gasteiger partial charge in [0.15, 0.2) is 12.2 Å². The fraction of sp³-hybridized carbons (Fsp3) is 0.438. The third-order valence-corrected chi connectivity index (χ3v) is 4.74. The first kappa shape index (κ1) is 16.8. The van der Waals surface area contributed by atoms with Gasteiger partial charge in [0.05, 0.1) is 0 Å². The number of hydrogen-bond donors (Lipinski definition) is 0. The summed E-state index contributed by atoms with van der Waals surface area (Å²) in [6.07, 6.45) is -3.52. The van der Waals surface area contributed by atoms with E-state index in [1.807, 2.05) is 30.3 Å². The summed E-state index contributed by atoms with van der Waals surface area (Å²) in [5, 5.41) is 0. The van der Waals surface area contributed by atoms with E-state index in [1.54, 1.807) is 0 Å². The molecule has 1 aromatic rings. The van der Waals surface area contributed by atoms with E-state index in [4.69, 9.17) is 18.9 Å².